The largest absolute Gasteiger partial charge is 0.496 e. The van der Waals surface area contributed by atoms with E-state index in [-0.39, 0.29) is 23.8 Å². The van der Waals surface area contributed by atoms with E-state index in [2.05, 4.69) is 17.6 Å². The van der Waals surface area contributed by atoms with Gasteiger partial charge in [0.25, 0.3) is 0 Å². The van der Waals surface area contributed by atoms with Gasteiger partial charge in [0.1, 0.15) is 11.4 Å². The molecule has 1 unspecified atom stereocenters. The van der Waals surface area contributed by atoms with Crippen molar-refractivity contribution in [3.63, 3.8) is 0 Å². The molecule has 1 spiro atoms. The Labute approximate surface area is 190 Å². The van der Waals surface area contributed by atoms with Gasteiger partial charge in [0, 0.05) is 23.6 Å². The van der Waals surface area contributed by atoms with Crippen LogP contribution in [0.4, 0.5) is 5.69 Å². The maximum Gasteiger partial charge on any atom is 0.310 e. The van der Waals surface area contributed by atoms with E-state index in [1.807, 2.05) is 57.2 Å². The Kier molecular flexibility index (Phi) is 6.19. The van der Waals surface area contributed by atoms with Crippen molar-refractivity contribution in [2.24, 2.45) is 5.92 Å². The number of ether oxygens (including phenoxy) is 2. The van der Waals surface area contributed by atoms with E-state index in [1.54, 1.807) is 7.11 Å². The summed E-state index contributed by atoms with van der Waals surface area (Å²) < 4.78 is 11.4. The van der Waals surface area contributed by atoms with Crippen molar-refractivity contribution >= 4 is 11.7 Å². The number of hydrogen-bond donors (Lipinski definition) is 2. The summed E-state index contributed by atoms with van der Waals surface area (Å²) in [4.78, 5) is 19.7. The quantitative estimate of drug-likeness (QED) is 0.521. The van der Waals surface area contributed by atoms with Crippen LogP contribution in [0.15, 0.2) is 48.5 Å². The van der Waals surface area contributed by atoms with Crippen molar-refractivity contribution in [3.05, 3.63) is 59.7 Å². The molecule has 0 amide bonds. The molecule has 0 aromatic heterocycles. The van der Waals surface area contributed by atoms with Crippen LogP contribution in [-0.2, 0) is 14.4 Å². The Bertz CT molecular complexity index is 956. The molecule has 6 heteroatoms. The second-order valence-corrected chi connectivity index (χ2v) is 9.96. The molecular weight excluding hydrogens is 404 g/mol. The Morgan fingerprint density at radius 2 is 1.94 bits per heavy atom. The van der Waals surface area contributed by atoms with E-state index < -0.39 is 11.2 Å². The zero-order valence-electron chi connectivity index (χ0n) is 19.4. The number of nitrogen functional groups attached to an aromatic ring is 1. The maximum absolute atomic E-state index is 13.3. The smallest absolute Gasteiger partial charge is 0.310 e. The van der Waals surface area contributed by atoms with Crippen molar-refractivity contribution in [1.82, 2.24) is 5.48 Å². The normalized spacial score (nSPS) is 27.9. The first kappa shape index (κ1) is 22.6. The van der Waals surface area contributed by atoms with Crippen LogP contribution in [0.25, 0.3) is 0 Å². The molecule has 0 bridgehead atoms. The molecule has 2 aromatic carbocycles. The summed E-state index contributed by atoms with van der Waals surface area (Å²) >= 11 is 0. The Balaban J connectivity index is 1.70. The van der Waals surface area contributed by atoms with Crippen LogP contribution in [0.3, 0.4) is 0 Å². The summed E-state index contributed by atoms with van der Waals surface area (Å²) in [6, 6.07) is 15.8. The molecule has 1 aliphatic carbocycles. The second-order valence-electron chi connectivity index (χ2n) is 9.96. The lowest BCUT2D eigenvalue weighted by molar-refractivity contribution is -0.170. The van der Waals surface area contributed by atoms with Crippen molar-refractivity contribution in [3.8, 4) is 5.75 Å². The molecule has 3 N–H and O–H groups in total. The summed E-state index contributed by atoms with van der Waals surface area (Å²) in [6.45, 7) is 5.74. The number of hydrogen-bond acceptors (Lipinski definition) is 6. The van der Waals surface area contributed by atoms with Crippen LogP contribution in [0.5, 0.6) is 5.75 Å². The fourth-order valence-electron chi connectivity index (χ4n) is 5.30. The molecule has 1 saturated heterocycles. The van der Waals surface area contributed by atoms with E-state index in [0.717, 1.165) is 36.1 Å². The number of rotatable bonds is 4. The van der Waals surface area contributed by atoms with Gasteiger partial charge in [0.15, 0.2) is 0 Å². The number of hydroxylamine groups is 1. The van der Waals surface area contributed by atoms with Gasteiger partial charge in [-0.1, -0.05) is 30.3 Å². The van der Waals surface area contributed by atoms with E-state index in [0.29, 0.717) is 12.1 Å². The molecule has 2 aliphatic rings. The van der Waals surface area contributed by atoms with E-state index >= 15 is 0 Å². The van der Waals surface area contributed by atoms with Crippen molar-refractivity contribution in [2.75, 3.05) is 12.8 Å². The van der Waals surface area contributed by atoms with Crippen molar-refractivity contribution in [1.29, 1.82) is 0 Å². The lowest BCUT2D eigenvalue weighted by Crippen LogP contribution is -2.47. The predicted molar refractivity (Wildman–Crippen MR) is 124 cm³/mol. The standard InChI is InChI=1S/C26H34N2O4/c1-25(2,3)31-24(29)19-11-8-14-26(23(19)17-9-6-5-7-10-17)16-21(28-32-26)20-15-18(27)12-13-22(20)30-4/h5-7,9-10,12-13,15,19,21,23,28H,8,11,14,16,27H2,1-4H3/t19?,21-,23-,26-/m1/s1. The minimum atomic E-state index is -0.533. The molecule has 32 heavy (non-hydrogen) atoms. The highest BCUT2D eigenvalue weighted by Gasteiger charge is 2.55. The topological polar surface area (TPSA) is 82.8 Å². The minimum absolute atomic E-state index is 0.0861. The molecular formula is C26H34N2O4. The van der Waals surface area contributed by atoms with Gasteiger partial charge < -0.3 is 15.2 Å². The third-order valence-corrected chi connectivity index (χ3v) is 6.54. The molecule has 0 radical (unpaired) electrons. The zero-order valence-corrected chi connectivity index (χ0v) is 19.4. The number of nitrogens with one attached hydrogen (secondary N) is 1. The van der Waals surface area contributed by atoms with Gasteiger partial charge in [0.2, 0.25) is 0 Å². The maximum atomic E-state index is 13.3. The Hall–Kier alpha value is -2.57. The number of benzene rings is 2. The predicted octanol–water partition coefficient (Wildman–Crippen LogP) is 4.91. The number of methoxy groups -OCH3 is 1. The van der Waals surface area contributed by atoms with Crippen molar-refractivity contribution in [2.45, 2.75) is 69.6 Å². The van der Waals surface area contributed by atoms with Gasteiger partial charge in [-0.25, -0.2) is 0 Å². The molecule has 1 aliphatic heterocycles. The van der Waals surface area contributed by atoms with E-state index in [4.69, 9.17) is 20.0 Å². The average Bonchev–Trinajstić information content (AvgIpc) is 3.17. The first-order valence-electron chi connectivity index (χ1n) is 11.4. The lowest BCUT2D eigenvalue weighted by atomic mass is 9.64. The molecule has 1 saturated carbocycles. The highest BCUT2D eigenvalue weighted by atomic mass is 16.7. The highest BCUT2D eigenvalue weighted by molar-refractivity contribution is 5.75. The van der Waals surface area contributed by atoms with E-state index in [1.165, 1.54) is 0 Å². The number of nitrogens with two attached hydrogens (primary N) is 1. The summed E-state index contributed by atoms with van der Waals surface area (Å²) in [5, 5.41) is 0. The molecule has 6 nitrogen and oxygen atoms in total. The number of esters is 1. The first-order valence-corrected chi connectivity index (χ1v) is 11.4. The van der Waals surface area contributed by atoms with Crippen molar-refractivity contribution < 1.29 is 19.1 Å². The molecule has 4 rings (SSSR count). The third-order valence-electron chi connectivity index (χ3n) is 6.54. The Morgan fingerprint density at radius 3 is 2.62 bits per heavy atom. The number of carbonyl (C=O) groups is 1. The average molecular weight is 439 g/mol. The van der Waals surface area contributed by atoms with E-state index in [9.17, 15) is 4.79 Å². The lowest BCUT2D eigenvalue weighted by Gasteiger charge is -2.44. The minimum Gasteiger partial charge on any atom is -0.496 e. The van der Waals surface area contributed by atoms with Gasteiger partial charge in [0.05, 0.1) is 24.7 Å². The fraction of sp³-hybridized carbons (Fsp3) is 0.500. The van der Waals surface area contributed by atoms with Gasteiger partial charge in [-0.2, -0.15) is 5.48 Å². The second kappa shape index (κ2) is 8.75. The molecule has 1 heterocycles. The summed E-state index contributed by atoms with van der Waals surface area (Å²) in [7, 11) is 1.66. The SMILES string of the molecule is COc1ccc(N)cc1[C@H]1C[C@@]2(CCCC(C(=O)OC(C)(C)C)[C@H]2c2ccccc2)ON1. The number of carbonyl (C=O) groups excluding carboxylic acids is 1. The third kappa shape index (κ3) is 4.48. The van der Waals surface area contributed by atoms with Crippen LogP contribution >= 0.6 is 0 Å². The highest BCUT2D eigenvalue weighted by Crippen LogP contribution is 2.54. The van der Waals surface area contributed by atoms with Gasteiger partial charge in [-0.05, 0) is 63.8 Å². The summed E-state index contributed by atoms with van der Waals surface area (Å²) in [6.07, 6.45) is 3.26. The molecule has 4 atom stereocenters. The summed E-state index contributed by atoms with van der Waals surface area (Å²) in [5.41, 5.74) is 11.0. The van der Waals surface area contributed by atoms with Crippen LogP contribution in [0.2, 0.25) is 0 Å². The van der Waals surface area contributed by atoms with Crippen LogP contribution in [0, 0.1) is 5.92 Å². The monoisotopic (exact) mass is 438 g/mol. The fourth-order valence-corrected chi connectivity index (χ4v) is 5.30. The molecule has 172 valence electrons. The van der Waals surface area contributed by atoms with Gasteiger partial charge in [-0.15, -0.1) is 0 Å². The van der Waals surface area contributed by atoms with Crippen LogP contribution in [-0.4, -0.2) is 24.3 Å². The summed E-state index contributed by atoms with van der Waals surface area (Å²) in [5.74, 6) is 0.234. The van der Waals surface area contributed by atoms with Gasteiger partial charge >= 0.3 is 5.97 Å². The van der Waals surface area contributed by atoms with Gasteiger partial charge in [-0.3, -0.25) is 9.63 Å². The molecule has 2 fully saturated rings. The zero-order chi connectivity index (χ0) is 22.9. The number of anilines is 1. The molecule has 2 aromatic rings. The van der Waals surface area contributed by atoms with Crippen LogP contribution in [0.1, 0.15) is 69.5 Å². The first-order chi connectivity index (χ1) is 15.2. The Morgan fingerprint density at radius 1 is 1.19 bits per heavy atom. The van der Waals surface area contributed by atoms with Crippen LogP contribution < -0.4 is 16.0 Å².